The Morgan fingerprint density at radius 2 is 1.96 bits per heavy atom. The van der Waals surface area contributed by atoms with Gasteiger partial charge >= 0.3 is 11.8 Å². The summed E-state index contributed by atoms with van der Waals surface area (Å²) in [7, 11) is 1.50. The van der Waals surface area contributed by atoms with Gasteiger partial charge in [-0.25, -0.2) is 4.68 Å². The van der Waals surface area contributed by atoms with E-state index in [2.05, 4.69) is 10.4 Å². The maximum atomic E-state index is 12.1. The molecule has 1 aromatic carbocycles. The van der Waals surface area contributed by atoms with E-state index in [4.69, 9.17) is 5.26 Å². The first kappa shape index (κ1) is 18.2. The quantitative estimate of drug-likeness (QED) is 0.864. The Balaban J connectivity index is 2.12. The third kappa shape index (κ3) is 4.23. The molecule has 1 aromatic heterocycles. The van der Waals surface area contributed by atoms with Crippen LogP contribution in [-0.2, 0) is 9.59 Å². The van der Waals surface area contributed by atoms with Crippen molar-refractivity contribution in [3.8, 4) is 11.8 Å². The van der Waals surface area contributed by atoms with Crippen molar-refractivity contribution in [2.45, 2.75) is 33.2 Å². The van der Waals surface area contributed by atoms with E-state index < -0.39 is 11.8 Å². The molecule has 130 valence electrons. The lowest BCUT2D eigenvalue weighted by molar-refractivity contribution is -0.143. The molecule has 2 amide bonds. The molecule has 0 saturated carbocycles. The highest BCUT2D eigenvalue weighted by Gasteiger charge is 2.23. The minimum absolute atomic E-state index is 0.163. The smallest absolute Gasteiger partial charge is 0.315 e. The number of likely N-dealkylation sites (N-methyl/N-ethyl adjacent to an activating group) is 1. The van der Waals surface area contributed by atoms with Gasteiger partial charge in [-0.1, -0.05) is 17.7 Å². The van der Waals surface area contributed by atoms with Crippen molar-refractivity contribution in [1.82, 2.24) is 14.7 Å². The van der Waals surface area contributed by atoms with Crippen LogP contribution in [0.1, 0.15) is 24.6 Å². The highest BCUT2D eigenvalue weighted by molar-refractivity contribution is 6.39. The lowest BCUT2D eigenvalue weighted by Gasteiger charge is -2.21. The molecular formula is C18H21N5O2. The summed E-state index contributed by atoms with van der Waals surface area (Å²) in [6.07, 6.45) is 0.163. The number of anilines is 1. The molecule has 0 aliphatic rings. The van der Waals surface area contributed by atoms with Gasteiger partial charge < -0.3 is 10.2 Å². The summed E-state index contributed by atoms with van der Waals surface area (Å²) in [4.78, 5) is 25.5. The van der Waals surface area contributed by atoms with Gasteiger partial charge in [0.25, 0.3) is 0 Å². The van der Waals surface area contributed by atoms with Gasteiger partial charge in [-0.05, 0) is 32.9 Å². The van der Waals surface area contributed by atoms with E-state index in [0.717, 1.165) is 16.9 Å². The van der Waals surface area contributed by atoms with Crippen LogP contribution in [0.2, 0.25) is 0 Å². The summed E-state index contributed by atoms with van der Waals surface area (Å²) < 4.78 is 1.70. The summed E-state index contributed by atoms with van der Waals surface area (Å²) in [6, 6.07) is 11.2. The minimum atomic E-state index is -0.777. The molecule has 0 unspecified atom stereocenters. The van der Waals surface area contributed by atoms with Crippen molar-refractivity contribution in [3.05, 3.63) is 41.6 Å². The van der Waals surface area contributed by atoms with E-state index in [-0.39, 0.29) is 12.5 Å². The zero-order chi connectivity index (χ0) is 18.6. The van der Waals surface area contributed by atoms with Crippen LogP contribution >= 0.6 is 0 Å². The molecule has 7 heteroatoms. The van der Waals surface area contributed by atoms with Gasteiger partial charge in [0.2, 0.25) is 0 Å². The Morgan fingerprint density at radius 3 is 2.56 bits per heavy atom. The first-order valence-electron chi connectivity index (χ1n) is 7.92. The molecular weight excluding hydrogens is 318 g/mol. The standard InChI is InChI=1S/C18H21N5O2/c1-12-5-7-15(8-6-12)23-14(3)11-16(21-23)20-17(24)18(25)22(4)13(2)9-10-19/h5-8,11,13H,9H2,1-4H3,(H,20,21,24)/t13-/m1/s1. The van der Waals surface area contributed by atoms with Crippen LogP contribution < -0.4 is 5.32 Å². The lowest BCUT2D eigenvalue weighted by Crippen LogP contribution is -2.42. The number of nitriles is 1. The van der Waals surface area contributed by atoms with Gasteiger partial charge in [-0.15, -0.1) is 5.10 Å². The number of nitrogens with zero attached hydrogens (tertiary/aromatic N) is 4. The second kappa shape index (κ2) is 7.62. The van der Waals surface area contributed by atoms with E-state index in [1.807, 2.05) is 44.2 Å². The SMILES string of the molecule is Cc1ccc(-n2nc(NC(=O)C(=O)N(C)[C@H](C)CC#N)cc2C)cc1. The maximum Gasteiger partial charge on any atom is 0.315 e. The summed E-state index contributed by atoms with van der Waals surface area (Å²) in [6.45, 7) is 5.58. The van der Waals surface area contributed by atoms with Crippen LogP contribution in [0.25, 0.3) is 5.69 Å². The topological polar surface area (TPSA) is 91.0 Å². The minimum Gasteiger partial charge on any atom is -0.334 e. The second-order valence-corrected chi connectivity index (χ2v) is 6.00. The highest BCUT2D eigenvalue weighted by Crippen LogP contribution is 2.16. The number of hydrogen-bond donors (Lipinski definition) is 1. The van der Waals surface area contributed by atoms with Crippen LogP contribution in [0, 0.1) is 25.2 Å². The van der Waals surface area contributed by atoms with Crippen molar-refractivity contribution in [3.63, 3.8) is 0 Å². The Bertz CT molecular complexity index is 817. The largest absolute Gasteiger partial charge is 0.334 e. The molecule has 0 spiro atoms. The molecule has 0 fully saturated rings. The molecule has 1 atom stereocenters. The third-order valence-electron chi connectivity index (χ3n) is 3.97. The molecule has 0 bridgehead atoms. The highest BCUT2D eigenvalue weighted by atomic mass is 16.2. The first-order valence-corrected chi connectivity index (χ1v) is 7.92. The zero-order valence-corrected chi connectivity index (χ0v) is 14.8. The average molecular weight is 339 g/mol. The van der Waals surface area contributed by atoms with Gasteiger partial charge in [0, 0.05) is 24.8 Å². The molecule has 25 heavy (non-hydrogen) atoms. The molecule has 1 heterocycles. The fourth-order valence-electron chi connectivity index (χ4n) is 2.28. The van der Waals surface area contributed by atoms with Crippen LogP contribution in [0.5, 0.6) is 0 Å². The number of hydrogen-bond acceptors (Lipinski definition) is 4. The Hall–Kier alpha value is -3.14. The summed E-state index contributed by atoms with van der Waals surface area (Å²) in [5.74, 6) is -1.18. The van der Waals surface area contributed by atoms with Gasteiger partial charge in [0.05, 0.1) is 18.2 Å². The predicted octanol–water partition coefficient (Wildman–Crippen LogP) is 2.19. The van der Waals surface area contributed by atoms with E-state index >= 15 is 0 Å². The Morgan fingerprint density at radius 1 is 1.32 bits per heavy atom. The summed E-state index contributed by atoms with van der Waals surface area (Å²) in [5.41, 5.74) is 2.84. The van der Waals surface area contributed by atoms with Gasteiger partial charge in [0.15, 0.2) is 5.82 Å². The van der Waals surface area contributed by atoms with Crippen LogP contribution in [-0.4, -0.2) is 39.6 Å². The number of aromatic nitrogens is 2. The Labute approximate surface area is 146 Å². The van der Waals surface area contributed by atoms with Crippen LogP contribution in [0.4, 0.5) is 5.82 Å². The fraction of sp³-hybridized carbons (Fsp3) is 0.333. The lowest BCUT2D eigenvalue weighted by atomic mass is 10.2. The molecule has 7 nitrogen and oxygen atoms in total. The predicted molar refractivity (Wildman–Crippen MR) is 94.1 cm³/mol. The molecule has 2 rings (SSSR count). The zero-order valence-electron chi connectivity index (χ0n) is 14.8. The summed E-state index contributed by atoms with van der Waals surface area (Å²) in [5, 5.41) is 15.5. The number of nitrogens with one attached hydrogen (secondary N) is 1. The number of aryl methyl sites for hydroxylation is 2. The third-order valence-corrected chi connectivity index (χ3v) is 3.97. The molecule has 0 aliphatic carbocycles. The normalized spacial score (nSPS) is 11.5. The van der Waals surface area contributed by atoms with Crippen molar-refractivity contribution in [1.29, 1.82) is 5.26 Å². The van der Waals surface area contributed by atoms with E-state index in [1.54, 1.807) is 17.7 Å². The van der Waals surface area contributed by atoms with E-state index in [0.29, 0.717) is 5.82 Å². The number of carbonyl (C=O) groups excluding carboxylic acids is 2. The second-order valence-electron chi connectivity index (χ2n) is 6.00. The average Bonchev–Trinajstić information content (AvgIpc) is 2.94. The fourth-order valence-corrected chi connectivity index (χ4v) is 2.28. The van der Waals surface area contributed by atoms with Crippen molar-refractivity contribution >= 4 is 17.6 Å². The molecule has 2 aromatic rings. The first-order chi connectivity index (χ1) is 11.8. The Kier molecular flexibility index (Phi) is 5.55. The number of carbonyl (C=O) groups is 2. The molecule has 1 N–H and O–H groups in total. The molecule has 0 saturated heterocycles. The van der Waals surface area contributed by atoms with Gasteiger partial charge in [-0.3, -0.25) is 9.59 Å². The molecule has 0 radical (unpaired) electrons. The number of rotatable bonds is 4. The van der Waals surface area contributed by atoms with Crippen LogP contribution in [0.15, 0.2) is 30.3 Å². The van der Waals surface area contributed by atoms with Crippen LogP contribution in [0.3, 0.4) is 0 Å². The van der Waals surface area contributed by atoms with Crippen molar-refractivity contribution in [2.75, 3.05) is 12.4 Å². The van der Waals surface area contributed by atoms with E-state index in [1.165, 1.54) is 11.9 Å². The number of benzene rings is 1. The summed E-state index contributed by atoms with van der Waals surface area (Å²) >= 11 is 0. The van der Waals surface area contributed by atoms with Crippen molar-refractivity contribution < 1.29 is 9.59 Å². The van der Waals surface area contributed by atoms with Gasteiger partial charge in [-0.2, -0.15) is 5.26 Å². The molecule has 0 aliphatic heterocycles. The van der Waals surface area contributed by atoms with Gasteiger partial charge in [0.1, 0.15) is 0 Å². The van der Waals surface area contributed by atoms with Crippen molar-refractivity contribution in [2.24, 2.45) is 0 Å². The number of amides is 2. The van der Waals surface area contributed by atoms with E-state index in [9.17, 15) is 9.59 Å². The monoisotopic (exact) mass is 339 g/mol. The maximum absolute atomic E-state index is 12.1.